The van der Waals surface area contributed by atoms with Gasteiger partial charge in [0.25, 0.3) is 0 Å². The highest BCUT2D eigenvalue weighted by atomic mass is 32.1. The van der Waals surface area contributed by atoms with Crippen molar-refractivity contribution in [3.63, 3.8) is 0 Å². The Hall–Kier alpha value is -2.05. The van der Waals surface area contributed by atoms with E-state index in [0.717, 1.165) is 36.4 Å². The monoisotopic (exact) mass is 344 g/mol. The van der Waals surface area contributed by atoms with E-state index >= 15 is 0 Å². The van der Waals surface area contributed by atoms with E-state index in [2.05, 4.69) is 27.7 Å². The summed E-state index contributed by atoms with van der Waals surface area (Å²) in [5, 5.41) is 5.11. The molecule has 1 aromatic heterocycles. The van der Waals surface area contributed by atoms with Gasteiger partial charge in [-0.3, -0.25) is 9.69 Å². The zero-order valence-electron chi connectivity index (χ0n) is 13.4. The SMILES string of the molecule is O=C(CN1CCCC1c1cccs1)NCc1ccc2c(c1)OCO2. The summed E-state index contributed by atoms with van der Waals surface area (Å²) in [6.45, 7) is 2.21. The van der Waals surface area contributed by atoms with E-state index < -0.39 is 0 Å². The van der Waals surface area contributed by atoms with Crippen LogP contribution in [0, 0.1) is 0 Å². The van der Waals surface area contributed by atoms with Gasteiger partial charge in [-0.1, -0.05) is 12.1 Å². The second-order valence-corrected chi connectivity index (χ2v) is 7.09. The van der Waals surface area contributed by atoms with Crippen molar-refractivity contribution in [1.29, 1.82) is 0 Å². The summed E-state index contributed by atoms with van der Waals surface area (Å²) in [7, 11) is 0. The van der Waals surface area contributed by atoms with Crippen molar-refractivity contribution in [3.8, 4) is 11.5 Å². The van der Waals surface area contributed by atoms with Gasteiger partial charge in [0, 0.05) is 17.5 Å². The van der Waals surface area contributed by atoms with E-state index in [4.69, 9.17) is 9.47 Å². The van der Waals surface area contributed by atoms with Crippen LogP contribution in [-0.4, -0.2) is 30.7 Å². The maximum absolute atomic E-state index is 12.3. The van der Waals surface area contributed by atoms with Crippen LogP contribution < -0.4 is 14.8 Å². The molecule has 0 radical (unpaired) electrons. The van der Waals surface area contributed by atoms with E-state index in [9.17, 15) is 4.79 Å². The van der Waals surface area contributed by atoms with Crippen LogP contribution in [0.4, 0.5) is 0 Å². The van der Waals surface area contributed by atoms with Crippen LogP contribution in [0.1, 0.15) is 29.3 Å². The van der Waals surface area contributed by atoms with E-state index in [1.165, 1.54) is 4.88 Å². The molecule has 0 bridgehead atoms. The van der Waals surface area contributed by atoms with Crippen LogP contribution in [0.2, 0.25) is 0 Å². The van der Waals surface area contributed by atoms with Gasteiger partial charge in [0.05, 0.1) is 6.54 Å². The fourth-order valence-electron chi connectivity index (χ4n) is 3.31. The summed E-state index contributed by atoms with van der Waals surface area (Å²) >= 11 is 1.77. The number of ether oxygens (including phenoxy) is 2. The number of hydrogen-bond donors (Lipinski definition) is 1. The number of nitrogens with zero attached hydrogens (tertiary/aromatic N) is 1. The van der Waals surface area contributed by atoms with Gasteiger partial charge >= 0.3 is 0 Å². The van der Waals surface area contributed by atoms with E-state index in [1.54, 1.807) is 11.3 Å². The number of benzene rings is 1. The van der Waals surface area contributed by atoms with Crippen LogP contribution in [0.15, 0.2) is 35.7 Å². The molecular weight excluding hydrogens is 324 g/mol. The molecule has 1 unspecified atom stereocenters. The van der Waals surface area contributed by atoms with Gasteiger partial charge < -0.3 is 14.8 Å². The zero-order chi connectivity index (χ0) is 16.4. The van der Waals surface area contributed by atoms with E-state index in [1.807, 2.05) is 18.2 Å². The second-order valence-electron chi connectivity index (χ2n) is 6.11. The first-order valence-electron chi connectivity index (χ1n) is 8.22. The standard InChI is InChI=1S/C18H20N2O3S/c21-18(11-20-7-1-3-14(20)17-4-2-8-24-17)19-10-13-5-6-15-16(9-13)23-12-22-15/h2,4-6,8-9,14H,1,3,7,10-12H2,(H,19,21). The van der Waals surface area contributed by atoms with Crippen molar-refractivity contribution in [2.75, 3.05) is 19.9 Å². The summed E-state index contributed by atoms with van der Waals surface area (Å²) in [5.74, 6) is 1.58. The third-order valence-corrected chi connectivity index (χ3v) is 5.48. The van der Waals surface area contributed by atoms with Crippen LogP contribution in [-0.2, 0) is 11.3 Å². The van der Waals surface area contributed by atoms with Gasteiger partial charge in [-0.15, -0.1) is 11.3 Å². The first-order chi connectivity index (χ1) is 11.8. The number of thiophene rings is 1. The van der Waals surface area contributed by atoms with Gasteiger partial charge in [0.15, 0.2) is 11.5 Å². The van der Waals surface area contributed by atoms with Gasteiger partial charge in [0.1, 0.15) is 0 Å². The van der Waals surface area contributed by atoms with Gasteiger partial charge in [-0.05, 0) is 48.5 Å². The molecule has 1 amide bonds. The predicted octanol–water partition coefficient (Wildman–Crippen LogP) is 2.93. The maximum atomic E-state index is 12.3. The fourth-order valence-corrected chi connectivity index (χ4v) is 4.21. The Kier molecular flexibility index (Phi) is 4.40. The molecule has 0 saturated carbocycles. The van der Waals surface area contributed by atoms with E-state index in [0.29, 0.717) is 19.1 Å². The Morgan fingerprint density at radius 2 is 2.21 bits per heavy atom. The molecule has 2 aliphatic heterocycles. The minimum Gasteiger partial charge on any atom is -0.454 e. The predicted molar refractivity (Wildman–Crippen MR) is 92.3 cm³/mol. The Balaban J connectivity index is 1.32. The summed E-state index contributed by atoms with van der Waals surface area (Å²) < 4.78 is 10.7. The molecule has 1 fully saturated rings. The first-order valence-corrected chi connectivity index (χ1v) is 9.10. The Bertz CT molecular complexity index is 717. The summed E-state index contributed by atoms with van der Waals surface area (Å²) in [6, 6.07) is 10.4. The first kappa shape index (κ1) is 15.5. The molecule has 0 spiro atoms. The number of carbonyl (C=O) groups excluding carboxylic acids is 1. The van der Waals surface area contributed by atoms with Crippen molar-refractivity contribution in [3.05, 3.63) is 46.2 Å². The van der Waals surface area contributed by atoms with Gasteiger partial charge in [0.2, 0.25) is 12.7 Å². The lowest BCUT2D eigenvalue weighted by molar-refractivity contribution is -0.122. The topological polar surface area (TPSA) is 50.8 Å². The highest BCUT2D eigenvalue weighted by Crippen LogP contribution is 2.34. The molecule has 4 rings (SSSR count). The molecule has 3 heterocycles. The molecule has 5 nitrogen and oxygen atoms in total. The number of carbonyl (C=O) groups is 1. The average molecular weight is 344 g/mol. The molecule has 1 atom stereocenters. The van der Waals surface area contributed by atoms with Crippen LogP contribution in [0.3, 0.4) is 0 Å². The highest BCUT2D eigenvalue weighted by molar-refractivity contribution is 7.10. The van der Waals surface area contributed by atoms with Crippen molar-refractivity contribution >= 4 is 17.2 Å². The Morgan fingerprint density at radius 1 is 1.29 bits per heavy atom. The molecule has 1 N–H and O–H groups in total. The minimum atomic E-state index is 0.0659. The molecule has 24 heavy (non-hydrogen) atoms. The number of hydrogen-bond acceptors (Lipinski definition) is 5. The Morgan fingerprint density at radius 3 is 3.08 bits per heavy atom. The molecule has 2 aromatic rings. The van der Waals surface area contributed by atoms with Crippen molar-refractivity contribution < 1.29 is 14.3 Å². The van der Waals surface area contributed by atoms with Gasteiger partial charge in [-0.25, -0.2) is 0 Å². The van der Waals surface area contributed by atoms with Crippen LogP contribution in [0.5, 0.6) is 11.5 Å². The second kappa shape index (κ2) is 6.83. The largest absolute Gasteiger partial charge is 0.454 e. The van der Waals surface area contributed by atoms with Crippen LogP contribution >= 0.6 is 11.3 Å². The molecular formula is C18H20N2O3S. The lowest BCUT2D eigenvalue weighted by Gasteiger charge is -2.22. The smallest absolute Gasteiger partial charge is 0.234 e. The van der Waals surface area contributed by atoms with Crippen LogP contribution in [0.25, 0.3) is 0 Å². The van der Waals surface area contributed by atoms with Crippen molar-refractivity contribution in [2.45, 2.75) is 25.4 Å². The summed E-state index contributed by atoms with van der Waals surface area (Å²) in [4.78, 5) is 16.0. The molecule has 0 aliphatic carbocycles. The third kappa shape index (κ3) is 3.25. The molecule has 1 saturated heterocycles. The van der Waals surface area contributed by atoms with Gasteiger partial charge in [-0.2, -0.15) is 0 Å². The molecule has 1 aromatic carbocycles. The van der Waals surface area contributed by atoms with Crippen molar-refractivity contribution in [1.82, 2.24) is 10.2 Å². The van der Waals surface area contributed by atoms with E-state index in [-0.39, 0.29) is 12.7 Å². The number of fused-ring (bicyclic) bond motifs is 1. The fraction of sp³-hybridized carbons (Fsp3) is 0.389. The zero-order valence-corrected chi connectivity index (χ0v) is 14.2. The van der Waals surface area contributed by atoms with Crippen molar-refractivity contribution in [2.24, 2.45) is 0 Å². The summed E-state index contributed by atoms with van der Waals surface area (Å²) in [5.41, 5.74) is 1.02. The number of rotatable bonds is 5. The molecule has 6 heteroatoms. The summed E-state index contributed by atoms with van der Waals surface area (Å²) in [6.07, 6.45) is 2.29. The lowest BCUT2D eigenvalue weighted by Crippen LogP contribution is -2.36. The molecule has 2 aliphatic rings. The third-order valence-electron chi connectivity index (χ3n) is 4.51. The normalized spacial score (nSPS) is 19.6. The number of amides is 1. The maximum Gasteiger partial charge on any atom is 0.234 e. The minimum absolute atomic E-state index is 0.0659. The Labute approximate surface area is 145 Å². The number of nitrogens with one attached hydrogen (secondary N) is 1. The quantitative estimate of drug-likeness (QED) is 0.906. The average Bonchev–Trinajstić information content (AvgIpc) is 3.32. The highest BCUT2D eigenvalue weighted by Gasteiger charge is 2.28. The molecule has 126 valence electrons. The lowest BCUT2D eigenvalue weighted by atomic mass is 10.2. The number of likely N-dealkylation sites (tertiary alicyclic amines) is 1.